The summed E-state index contributed by atoms with van der Waals surface area (Å²) in [6.07, 6.45) is 7.00. The molecule has 0 fully saturated rings. The third kappa shape index (κ3) is 1.48. The second-order valence-electron chi connectivity index (χ2n) is 2.36. The van der Waals surface area contributed by atoms with Crippen LogP contribution in [0.15, 0.2) is 45.6 Å². The average Bonchev–Trinajstić information content (AvgIpc) is 2.74. The van der Waals surface area contributed by atoms with E-state index in [9.17, 15) is 0 Å². The average molecular weight is 160 g/mol. The lowest BCUT2D eigenvalue weighted by atomic mass is 10.3. The van der Waals surface area contributed by atoms with Crippen LogP contribution < -0.4 is 0 Å². The van der Waals surface area contributed by atoms with E-state index in [4.69, 9.17) is 8.83 Å². The smallest absolute Gasteiger partial charge is 0.126 e. The molecule has 2 aromatic heterocycles. The van der Waals surface area contributed by atoms with Crippen LogP contribution in [-0.4, -0.2) is 0 Å². The van der Waals surface area contributed by atoms with Gasteiger partial charge in [-0.2, -0.15) is 0 Å². The monoisotopic (exact) mass is 160 g/mol. The second-order valence-corrected chi connectivity index (χ2v) is 2.36. The summed E-state index contributed by atoms with van der Waals surface area (Å²) in [6.45, 7) is 0. The quantitative estimate of drug-likeness (QED) is 0.674. The summed E-state index contributed by atoms with van der Waals surface area (Å²) in [5, 5.41) is 0. The van der Waals surface area contributed by atoms with Gasteiger partial charge in [0.05, 0.1) is 12.5 Å². The van der Waals surface area contributed by atoms with Crippen molar-refractivity contribution in [2.75, 3.05) is 0 Å². The highest BCUT2D eigenvalue weighted by Crippen LogP contribution is 2.08. The first-order valence-corrected chi connectivity index (χ1v) is 3.70. The zero-order chi connectivity index (χ0) is 8.23. The molecule has 0 aliphatic heterocycles. The van der Waals surface area contributed by atoms with Gasteiger partial charge in [0.2, 0.25) is 0 Å². The minimum atomic E-state index is 0.825. The summed E-state index contributed by atoms with van der Waals surface area (Å²) < 4.78 is 10.2. The third-order valence-electron chi connectivity index (χ3n) is 1.50. The van der Waals surface area contributed by atoms with Crippen molar-refractivity contribution in [2.24, 2.45) is 0 Å². The third-order valence-corrected chi connectivity index (χ3v) is 1.50. The van der Waals surface area contributed by atoms with Gasteiger partial charge in [-0.1, -0.05) is 0 Å². The Hall–Kier alpha value is -1.70. The molecule has 0 atom stereocenters. The predicted octanol–water partition coefficient (Wildman–Crippen LogP) is 3.04. The van der Waals surface area contributed by atoms with Crippen molar-refractivity contribution in [2.45, 2.75) is 0 Å². The Morgan fingerprint density at radius 2 is 1.33 bits per heavy atom. The van der Waals surface area contributed by atoms with Gasteiger partial charge in [-0.25, -0.2) is 0 Å². The first kappa shape index (κ1) is 6.98. The maximum Gasteiger partial charge on any atom is 0.126 e. The summed E-state index contributed by atoms with van der Waals surface area (Å²) >= 11 is 0. The van der Waals surface area contributed by atoms with E-state index in [0.29, 0.717) is 0 Å². The first-order chi connectivity index (χ1) is 5.95. The molecule has 2 aromatic rings. The lowest BCUT2D eigenvalue weighted by Gasteiger charge is -1.82. The van der Waals surface area contributed by atoms with Crippen LogP contribution in [0.25, 0.3) is 12.2 Å². The van der Waals surface area contributed by atoms with Gasteiger partial charge in [-0.05, 0) is 36.4 Å². The molecule has 0 aliphatic rings. The molecule has 0 unspecified atom stereocenters. The van der Waals surface area contributed by atoms with E-state index in [1.165, 1.54) is 0 Å². The highest BCUT2D eigenvalue weighted by atomic mass is 16.3. The Labute approximate surface area is 70.1 Å². The van der Waals surface area contributed by atoms with E-state index in [1.54, 1.807) is 12.5 Å². The van der Waals surface area contributed by atoms with E-state index >= 15 is 0 Å². The first-order valence-electron chi connectivity index (χ1n) is 3.70. The van der Waals surface area contributed by atoms with Crippen LogP contribution in [0.4, 0.5) is 0 Å². The molecule has 2 rings (SSSR count). The van der Waals surface area contributed by atoms with Gasteiger partial charge in [0.15, 0.2) is 0 Å². The molecule has 0 amide bonds. The van der Waals surface area contributed by atoms with E-state index in [-0.39, 0.29) is 0 Å². The molecule has 0 saturated carbocycles. The van der Waals surface area contributed by atoms with Gasteiger partial charge in [0.1, 0.15) is 11.5 Å². The fourth-order valence-electron chi connectivity index (χ4n) is 0.936. The van der Waals surface area contributed by atoms with E-state index in [1.807, 2.05) is 36.4 Å². The van der Waals surface area contributed by atoms with Crippen LogP contribution in [0.5, 0.6) is 0 Å². The summed E-state index contributed by atoms with van der Waals surface area (Å²) in [5.41, 5.74) is 0. The summed E-state index contributed by atoms with van der Waals surface area (Å²) in [7, 11) is 0. The Bertz CT molecular complexity index is 305. The van der Waals surface area contributed by atoms with E-state index < -0.39 is 0 Å². The van der Waals surface area contributed by atoms with Crippen LogP contribution in [0, 0.1) is 0 Å². The Morgan fingerprint density at radius 3 is 1.67 bits per heavy atom. The van der Waals surface area contributed by atoms with Crippen molar-refractivity contribution in [3.8, 4) is 0 Å². The Kier molecular flexibility index (Phi) is 1.82. The Balaban J connectivity index is 2.14. The van der Waals surface area contributed by atoms with Crippen LogP contribution in [0.1, 0.15) is 11.5 Å². The zero-order valence-corrected chi connectivity index (χ0v) is 6.44. The molecule has 0 aromatic carbocycles. The maximum absolute atomic E-state index is 5.10. The molecule has 2 nitrogen and oxygen atoms in total. The molecule has 0 bridgehead atoms. The van der Waals surface area contributed by atoms with E-state index in [0.717, 1.165) is 11.5 Å². The fourth-order valence-corrected chi connectivity index (χ4v) is 0.936. The molecule has 0 spiro atoms. The molecule has 0 N–H and O–H groups in total. The van der Waals surface area contributed by atoms with Crippen molar-refractivity contribution >= 4 is 12.2 Å². The molecule has 2 heteroatoms. The predicted molar refractivity (Wildman–Crippen MR) is 46.3 cm³/mol. The SMILES string of the molecule is C(=C/c1ccco1)/c1ccco1. The minimum Gasteiger partial charge on any atom is -0.465 e. The normalized spacial score (nSPS) is 11.0. The molecular weight excluding hydrogens is 152 g/mol. The summed E-state index contributed by atoms with van der Waals surface area (Å²) in [6, 6.07) is 7.47. The standard InChI is InChI=1S/C10H8O2/c1-3-9(11-7-1)5-6-10-4-2-8-12-10/h1-8H/b6-5-. The highest BCUT2D eigenvalue weighted by molar-refractivity contribution is 5.64. The molecule has 0 saturated heterocycles. The number of hydrogen-bond acceptors (Lipinski definition) is 2. The highest BCUT2D eigenvalue weighted by Gasteiger charge is 1.89. The van der Waals surface area contributed by atoms with Crippen molar-refractivity contribution in [3.63, 3.8) is 0 Å². The molecule has 2 heterocycles. The number of hydrogen-bond donors (Lipinski definition) is 0. The summed E-state index contributed by atoms with van der Waals surface area (Å²) in [4.78, 5) is 0. The van der Waals surface area contributed by atoms with Crippen LogP contribution >= 0.6 is 0 Å². The summed E-state index contributed by atoms with van der Waals surface area (Å²) in [5.74, 6) is 1.65. The zero-order valence-electron chi connectivity index (χ0n) is 6.44. The van der Waals surface area contributed by atoms with Gasteiger partial charge in [0, 0.05) is 0 Å². The van der Waals surface area contributed by atoms with Crippen molar-refractivity contribution in [1.82, 2.24) is 0 Å². The van der Waals surface area contributed by atoms with Gasteiger partial charge < -0.3 is 8.83 Å². The van der Waals surface area contributed by atoms with E-state index in [2.05, 4.69) is 0 Å². The molecule has 0 aliphatic carbocycles. The number of furan rings is 2. The molecule has 12 heavy (non-hydrogen) atoms. The molecule has 60 valence electrons. The van der Waals surface area contributed by atoms with Gasteiger partial charge in [-0.15, -0.1) is 0 Å². The molecule has 0 radical (unpaired) electrons. The molecular formula is C10H8O2. The van der Waals surface area contributed by atoms with Gasteiger partial charge in [-0.3, -0.25) is 0 Å². The maximum atomic E-state index is 5.10. The van der Waals surface area contributed by atoms with Crippen LogP contribution in [0.3, 0.4) is 0 Å². The Morgan fingerprint density at radius 1 is 0.833 bits per heavy atom. The van der Waals surface area contributed by atoms with Crippen LogP contribution in [0.2, 0.25) is 0 Å². The van der Waals surface area contributed by atoms with Crippen molar-refractivity contribution in [1.29, 1.82) is 0 Å². The second kappa shape index (κ2) is 3.13. The fraction of sp³-hybridized carbons (Fsp3) is 0. The number of rotatable bonds is 2. The van der Waals surface area contributed by atoms with Gasteiger partial charge in [0.25, 0.3) is 0 Å². The lowest BCUT2D eigenvalue weighted by molar-refractivity contribution is 0.552. The largest absolute Gasteiger partial charge is 0.465 e. The lowest BCUT2D eigenvalue weighted by Crippen LogP contribution is -1.61. The topological polar surface area (TPSA) is 26.3 Å². The van der Waals surface area contributed by atoms with Gasteiger partial charge >= 0.3 is 0 Å². The van der Waals surface area contributed by atoms with Crippen LogP contribution in [-0.2, 0) is 0 Å². The minimum absolute atomic E-state index is 0.825. The van der Waals surface area contributed by atoms with Crippen molar-refractivity contribution in [3.05, 3.63) is 48.3 Å². The van der Waals surface area contributed by atoms with Crippen molar-refractivity contribution < 1.29 is 8.83 Å².